The molecule has 0 spiro atoms. The van der Waals surface area contributed by atoms with Crippen LogP contribution in [0.25, 0.3) is 5.69 Å². The number of likely N-dealkylation sites (tertiary alicyclic amines) is 1. The molecule has 2 unspecified atom stereocenters. The predicted molar refractivity (Wildman–Crippen MR) is 117 cm³/mol. The average Bonchev–Trinajstić information content (AvgIpc) is 2.71. The van der Waals surface area contributed by atoms with Crippen molar-refractivity contribution in [1.82, 2.24) is 9.47 Å². The van der Waals surface area contributed by atoms with Crippen LogP contribution in [-0.2, 0) is 9.84 Å². The van der Waals surface area contributed by atoms with Gasteiger partial charge in [0.25, 0.3) is 5.56 Å². The lowest BCUT2D eigenvalue weighted by atomic mass is 9.86. The second-order valence-corrected chi connectivity index (χ2v) is 10.3. The highest BCUT2D eigenvalue weighted by Gasteiger charge is 2.33. The number of carbonyl (C=O) groups is 1. The molecule has 1 aliphatic rings. The molecule has 0 aliphatic carbocycles. The van der Waals surface area contributed by atoms with Crippen LogP contribution in [0.1, 0.15) is 26.7 Å². The Kier molecular flexibility index (Phi) is 6.74. The van der Waals surface area contributed by atoms with E-state index in [2.05, 4.69) is 0 Å². The number of benzene rings is 1. The van der Waals surface area contributed by atoms with Crippen molar-refractivity contribution >= 4 is 15.9 Å². The zero-order chi connectivity index (χ0) is 22.8. The third kappa shape index (κ3) is 5.46. The molecule has 8 nitrogen and oxygen atoms in total. The minimum absolute atomic E-state index is 0.0391. The molecule has 3 rings (SSSR count). The Morgan fingerprint density at radius 3 is 2.45 bits per heavy atom. The van der Waals surface area contributed by atoms with Crippen molar-refractivity contribution in [2.24, 2.45) is 11.8 Å². The van der Waals surface area contributed by atoms with Gasteiger partial charge in [0.1, 0.15) is 5.75 Å². The summed E-state index contributed by atoms with van der Waals surface area (Å²) in [6.07, 6.45) is 3.30. The van der Waals surface area contributed by atoms with E-state index >= 15 is 0 Å². The number of nitrogens with zero attached hydrogens (tertiary/aromatic N) is 2. The molecular formula is C22H28N2O6S. The molecule has 2 aromatic rings. The molecule has 0 saturated carbocycles. The molecule has 9 heteroatoms. The standard InChI is InChI=1S/C22H28N2O6S/c1-15(2)20-12-16(8-10-24(20)22(26)27)14-30-18-9-11-23(21(25)13-18)17-4-6-19(7-5-17)31(3,28)29/h4-7,9,11,13,15-16,20H,8,10,12,14H2,1-3H3,(H,26,27). The van der Waals surface area contributed by atoms with Gasteiger partial charge in [-0.2, -0.15) is 0 Å². The molecule has 1 aromatic heterocycles. The summed E-state index contributed by atoms with van der Waals surface area (Å²) >= 11 is 0. The summed E-state index contributed by atoms with van der Waals surface area (Å²) in [5, 5.41) is 9.38. The normalized spacial score (nSPS) is 19.4. The Morgan fingerprint density at radius 2 is 1.90 bits per heavy atom. The van der Waals surface area contributed by atoms with E-state index in [-0.39, 0.29) is 28.3 Å². The maximum absolute atomic E-state index is 12.5. The van der Waals surface area contributed by atoms with E-state index in [9.17, 15) is 23.1 Å². The summed E-state index contributed by atoms with van der Waals surface area (Å²) < 4.78 is 30.4. The molecule has 2 heterocycles. The smallest absolute Gasteiger partial charge is 0.407 e. The molecule has 0 bridgehead atoms. The summed E-state index contributed by atoms with van der Waals surface area (Å²) in [5.74, 6) is 0.890. The second-order valence-electron chi connectivity index (χ2n) is 8.33. The van der Waals surface area contributed by atoms with Gasteiger partial charge < -0.3 is 14.7 Å². The van der Waals surface area contributed by atoms with E-state index in [0.717, 1.165) is 19.1 Å². The molecule has 168 valence electrons. The Labute approximate surface area is 182 Å². The van der Waals surface area contributed by atoms with Crippen LogP contribution < -0.4 is 10.3 Å². The summed E-state index contributed by atoms with van der Waals surface area (Å²) in [6.45, 7) is 4.94. The first-order chi connectivity index (χ1) is 14.6. The maximum Gasteiger partial charge on any atom is 0.407 e. The van der Waals surface area contributed by atoms with Crippen molar-refractivity contribution in [3.05, 3.63) is 52.9 Å². The minimum atomic E-state index is -3.30. The Hall–Kier alpha value is -2.81. The first-order valence-corrected chi connectivity index (χ1v) is 12.1. The highest BCUT2D eigenvalue weighted by molar-refractivity contribution is 7.90. The number of rotatable bonds is 6. The van der Waals surface area contributed by atoms with Crippen LogP contribution in [-0.4, -0.2) is 54.5 Å². The number of pyridine rings is 1. The highest BCUT2D eigenvalue weighted by Crippen LogP contribution is 2.28. The van der Waals surface area contributed by atoms with Crippen LogP contribution in [0.5, 0.6) is 5.75 Å². The molecule has 1 saturated heterocycles. The second kappa shape index (κ2) is 9.13. The van der Waals surface area contributed by atoms with Crippen LogP contribution in [0.15, 0.2) is 52.3 Å². The fourth-order valence-corrected chi connectivity index (χ4v) is 4.56. The highest BCUT2D eigenvalue weighted by atomic mass is 32.2. The van der Waals surface area contributed by atoms with E-state index in [1.807, 2.05) is 13.8 Å². The average molecular weight is 449 g/mol. The fraction of sp³-hybridized carbons (Fsp3) is 0.455. The summed E-state index contributed by atoms with van der Waals surface area (Å²) in [6, 6.07) is 9.16. The van der Waals surface area contributed by atoms with Crippen LogP contribution in [0.3, 0.4) is 0 Å². The maximum atomic E-state index is 12.5. The number of aromatic nitrogens is 1. The monoisotopic (exact) mass is 448 g/mol. The molecule has 0 radical (unpaired) electrons. The van der Waals surface area contributed by atoms with Gasteiger partial charge in [-0.1, -0.05) is 13.8 Å². The number of ether oxygens (including phenoxy) is 1. The van der Waals surface area contributed by atoms with Crippen LogP contribution in [0.2, 0.25) is 0 Å². The summed E-state index contributed by atoms with van der Waals surface area (Å²) in [7, 11) is -3.30. The topological polar surface area (TPSA) is 106 Å². The van der Waals surface area contributed by atoms with Gasteiger partial charge in [0.15, 0.2) is 9.84 Å². The van der Waals surface area contributed by atoms with Gasteiger partial charge in [0, 0.05) is 36.8 Å². The zero-order valence-electron chi connectivity index (χ0n) is 17.9. The quantitative estimate of drug-likeness (QED) is 0.728. The van der Waals surface area contributed by atoms with Gasteiger partial charge >= 0.3 is 6.09 Å². The van der Waals surface area contributed by atoms with Gasteiger partial charge in [0.05, 0.1) is 11.5 Å². The number of carboxylic acid groups (broad SMARTS) is 1. The molecule has 1 aliphatic heterocycles. The van der Waals surface area contributed by atoms with E-state index in [1.54, 1.807) is 24.4 Å². The summed E-state index contributed by atoms with van der Waals surface area (Å²) in [4.78, 5) is 25.7. The van der Waals surface area contributed by atoms with E-state index < -0.39 is 15.9 Å². The lowest BCUT2D eigenvalue weighted by molar-refractivity contribution is 0.0583. The minimum Gasteiger partial charge on any atom is -0.493 e. The van der Waals surface area contributed by atoms with Crippen molar-refractivity contribution in [3.63, 3.8) is 0 Å². The van der Waals surface area contributed by atoms with Gasteiger partial charge in [0.2, 0.25) is 0 Å². The molecule has 1 aromatic carbocycles. The lowest BCUT2D eigenvalue weighted by Crippen LogP contribution is -2.48. The van der Waals surface area contributed by atoms with Gasteiger partial charge in [-0.3, -0.25) is 9.36 Å². The zero-order valence-corrected chi connectivity index (χ0v) is 18.7. The molecular weight excluding hydrogens is 420 g/mol. The largest absolute Gasteiger partial charge is 0.493 e. The first kappa shape index (κ1) is 22.9. The predicted octanol–water partition coefficient (Wildman–Crippen LogP) is 3.03. The van der Waals surface area contributed by atoms with Crippen LogP contribution in [0.4, 0.5) is 4.79 Å². The number of piperidine rings is 1. The summed E-state index contributed by atoms with van der Waals surface area (Å²) in [5.41, 5.74) is 0.273. The number of hydrogen-bond acceptors (Lipinski definition) is 5. The Balaban J connectivity index is 1.66. The third-order valence-electron chi connectivity index (χ3n) is 5.69. The van der Waals surface area contributed by atoms with Crippen molar-refractivity contribution in [2.45, 2.75) is 37.6 Å². The van der Waals surface area contributed by atoms with E-state index in [4.69, 9.17) is 4.74 Å². The lowest BCUT2D eigenvalue weighted by Gasteiger charge is -2.39. The van der Waals surface area contributed by atoms with E-state index in [0.29, 0.717) is 24.6 Å². The van der Waals surface area contributed by atoms with Gasteiger partial charge in [-0.15, -0.1) is 0 Å². The van der Waals surface area contributed by atoms with Crippen molar-refractivity contribution in [3.8, 4) is 11.4 Å². The molecule has 1 fully saturated rings. The number of amides is 1. The van der Waals surface area contributed by atoms with Crippen molar-refractivity contribution < 1.29 is 23.1 Å². The molecule has 1 N–H and O–H groups in total. The molecule has 1 amide bonds. The van der Waals surface area contributed by atoms with Gasteiger partial charge in [-0.05, 0) is 55.0 Å². The van der Waals surface area contributed by atoms with Gasteiger partial charge in [-0.25, -0.2) is 13.2 Å². The Bertz CT molecular complexity index is 1090. The molecule has 31 heavy (non-hydrogen) atoms. The number of hydrogen-bond donors (Lipinski definition) is 1. The van der Waals surface area contributed by atoms with Crippen LogP contribution >= 0.6 is 0 Å². The fourth-order valence-electron chi connectivity index (χ4n) is 3.93. The molecule has 2 atom stereocenters. The van der Waals surface area contributed by atoms with Crippen molar-refractivity contribution in [2.75, 3.05) is 19.4 Å². The third-order valence-corrected chi connectivity index (χ3v) is 6.82. The van der Waals surface area contributed by atoms with Crippen molar-refractivity contribution in [1.29, 1.82) is 0 Å². The number of sulfone groups is 1. The SMILES string of the molecule is CC(C)C1CC(COc2ccn(-c3ccc(S(C)(=O)=O)cc3)c(=O)c2)CCN1C(=O)O. The van der Waals surface area contributed by atoms with Crippen LogP contribution in [0, 0.1) is 11.8 Å². The van der Waals surface area contributed by atoms with E-state index in [1.165, 1.54) is 27.7 Å². The Morgan fingerprint density at radius 1 is 1.23 bits per heavy atom. The first-order valence-electron chi connectivity index (χ1n) is 10.2.